The Morgan fingerprint density at radius 3 is 2.38 bits per heavy atom. The molecule has 1 aliphatic heterocycles. The summed E-state index contributed by atoms with van der Waals surface area (Å²) in [6.07, 6.45) is 2.12. The molecule has 1 atom stereocenters. The second-order valence-corrected chi connectivity index (χ2v) is 7.24. The van der Waals surface area contributed by atoms with Crippen molar-refractivity contribution in [3.8, 4) is 6.07 Å². The predicted molar refractivity (Wildman–Crippen MR) is 118 cm³/mol. The van der Waals surface area contributed by atoms with E-state index in [4.69, 9.17) is 10.00 Å². The number of nitrogens with one attached hydrogen (secondary N) is 2. The van der Waals surface area contributed by atoms with Crippen molar-refractivity contribution in [3.63, 3.8) is 0 Å². The number of rotatable bonds is 10. The van der Waals surface area contributed by atoms with Crippen LogP contribution in [0.3, 0.4) is 0 Å². The minimum atomic E-state index is -0.669. The van der Waals surface area contributed by atoms with Gasteiger partial charge in [-0.25, -0.2) is 4.79 Å². The number of amides is 1. The lowest BCUT2D eigenvalue weighted by molar-refractivity contribution is -0.384. The van der Waals surface area contributed by atoms with Gasteiger partial charge in [0.2, 0.25) is 5.91 Å². The molecular formula is C23H28N4O5. The molecule has 2 rings (SSSR count). The first-order valence-corrected chi connectivity index (χ1v) is 10.7. The van der Waals surface area contributed by atoms with Crippen LogP contribution in [0.1, 0.15) is 64.4 Å². The molecule has 0 saturated heterocycles. The number of dihydropyridines is 1. The Hall–Kier alpha value is -3.67. The predicted octanol–water partition coefficient (Wildman–Crippen LogP) is 3.94. The number of ether oxygens (including phenoxy) is 1. The molecule has 32 heavy (non-hydrogen) atoms. The van der Waals surface area contributed by atoms with Gasteiger partial charge in [0, 0.05) is 35.6 Å². The van der Waals surface area contributed by atoms with Gasteiger partial charge in [-0.2, -0.15) is 5.26 Å². The van der Waals surface area contributed by atoms with Crippen molar-refractivity contribution < 1.29 is 19.2 Å². The Balaban J connectivity index is 2.62. The fourth-order valence-electron chi connectivity index (χ4n) is 3.58. The number of nitrogens with zero attached hydrogens (tertiary/aromatic N) is 2. The Labute approximate surface area is 187 Å². The Morgan fingerprint density at radius 1 is 1.19 bits per heavy atom. The largest absolute Gasteiger partial charge is 0.461 e. The molecule has 0 saturated carbocycles. The van der Waals surface area contributed by atoms with Crippen LogP contribution >= 0.6 is 0 Å². The second-order valence-electron chi connectivity index (χ2n) is 7.24. The summed E-state index contributed by atoms with van der Waals surface area (Å²) < 4.78 is 5.33. The van der Waals surface area contributed by atoms with Gasteiger partial charge in [-0.1, -0.05) is 32.9 Å². The van der Waals surface area contributed by atoms with Crippen molar-refractivity contribution in [1.82, 2.24) is 10.6 Å². The standard InChI is InChI=1S/C23H28N4O5/c1-4-8-19(28)26-22-18(6-3)25-17(5-2)21(23(29)32-14-7-13-24)20(22)15-9-11-16(12-10-15)27(30)31/h9-12,20,25H,4-8,14H2,1-3H3,(H,26,28). The molecular weight excluding hydrogens is 412 g/mol. The van der Waals surface area contributed by atoms with Crippen LogP contribution in [0.5, 0.6) is 0 Å². The average Bonchev–Trinajstić information content (AvgIpc) is 2.78. The number of esters is 1. The fraction of sp³-hybridized carbons (Fsp3) is 0.435. The van der Waals surface area contributed by atoms with Crippen molar-refractivity contribution in [3.05, 3.63) is 62.6 Å². The Kier molecular flexibility index (Phi) is 8.95. The minimum absolute atomic E-state index is 0.0509. The highest BCUT2D eigenvalue weighted by Gasteiger charge is 2.36. The third-order valence-electron chi connectivity index (χ3n) is 5.09. The smallest absolute Gasteiger partial charge is 0.336 e. The average molecular weight is 441 g/mol. The van der Waals surface area contributed by atoms with E-state index >= 15 is 0 Å². The van der Waals surface area contributed by atoms with E-state index in [9.17, 15) is 19.7 Å². The molecule has 2 N–H and O–H groups in total. The molecule has 1 aromatic rings. The number of nitro groups is 1. The number of benzene rings is 1. The molecule has 0 aromatic heterocycles. The summed E-state index contributed by atoms with van der Waals surface area (Å²) >= 11 is 0. The van der Waals surface area contributed by atoms with Gasteiger partial charge in [-0.05, 0) is 24.8 Å². The summed E-state index contributed by atoms with van der Waals surface area (Å²) in [5, 5.41) is 26.1. The number of nitro benzene ring substituents is 1. The van der Waals surface area contributed by atoms with Gasteiger partial charge in [-0.3, -0.25) is 14.9 Å². The number of carbonyl (C=O) groups is 2. The van der Waals surface area contributed by atoms with Crippen molar-refractivity contribution in [1.29, 1.82) is 5.26 Å². The summed E-state index contributed by atoms with van der Waals surface area (Å²) in [5.41, 5.74) is 2.82. The first-order chi connectivity index (χ1) is 15.4. The zero-order valence-corrected chi connectivity index (χ0v) is 18.6. The van der Waals surface area contributed by atoms with Crippen molar-refractivity contribution in [2.75, 3.05) is 6.61 Å². The van der Waals surface area contributed by atoms with E-state index < -0.39 is 16.8 Å². The summed E-state index contributed by atoms with van der Waals surface area (Å²) in [6.45, 7) is 5.68. The maximum Gasteiger partial charge on any atom is 0.336 e. The van der Waals surface area contributed by atoms with Gasteiger partial charge in [0.15, 0.2) is 0 Å². The molecule has 0 radical (unpaired) electrons. The van der Waals surface area contributed by atoms with Gasteiger partial charge >= 0.3 is 5.97 Å². The molecule has 1 unspecified atom stereocenters. The molecule has 1 aliphatic rings. The molecule has 0 bridgehead atoms. The van der Waals surface area contributed by atoms with E-state index in [0.717, 1.165) is 5.70 Å². The van der Waals surface area contributed by atoms with Crippen LogP contribution in [0.4, 0.5) is 5.69 Å². The maximum absolute atomic E-state index is 13.1. The lowest BCUT2D eigenvalue weighted by Gasteiger charge is -2.33. The molecule has 0 aliphatic carbocycles. The number of carbonyl (C=O) groups excluding carboxylic acids is 2. The number of hydrogen-bond donors (Lipinski definition) is 2. The zero-order chi connectivity index (χ0) is 23.7. The zero-order valence-electron chi connectivity index (χ0n) is 18.6. The molecule has 1 aromatic carbocycles. The number of hydrogen-bond acceptors (Lipinski definition) is 7. The van der Waals surface area contributed by atoms with Crippen LogP contribution < -0.4 is 10.6 Å². The van der Waals surface area contributed by atoms with Gasteiger partial charge in [0.1, 0.15) is 6.61 Å². The Morgan fingerprint density at radius 2 is 1.84 bits per heavy atom. The van der Waals surface area contributed by atoms with E-state index in [1.165, 1.54) is 12.1 Å². The lowest BCUT2D eigenvalue weighted by Crippen LogP contribution is -2.37. The van der Waals surface area contributed by atoms with Gasteiger partial charge in [-0.15, -0.1) is 0 Å². The van der Waals surface area contributed by atoms with E-state index in [1.807, 2.05) is 26.8 Å². The third-order valence-corrected chi connectivity index (χ3v) is 5.09. The maximum atomic E-state index is 13.1. The normalized spacial score (nSPS) is 15.6. The van der Waals surface area contributed by atoms with Gasteiger partial charge in [0.05, 0.1) is 28.9 Å². The molecule has 9 nitrogen and oxygen atoms in total. The van der Waals surface area contributed by atoms with Crippen molar-refractivity contribution >= 4 is 17.6 Å². The van der Waals surface area contributed by atoms with Crippen molar-refractivity contribution in [2.45, 2.75) is 58.8 Å². The minimum Gasteiger partial charge on any atom is -0.461 e. The lowest BCUT2D eigenvalue weighted by atomic mass is 9.82. The van der Waals surface area contributed by atoms with Crippen LogP contribution in [-0.2, 0) is 14.3 Å². The highest BCUT2D eigenvalue weighted by Crippen LogP contribution is 2.39. The third kappa shape index (κ3) is 5.72. The molecule has 0 fully saturated rings. The van der Waals surface area contributed by atoms with E-state index in [1.54, 1.807) is 12.1 Å². The van der Waals surface area contributed by atoms with Crippen LogP contribution in [0.25, 0.3) is 0 Å². The molecule has 9 heteroatoms. The molecule has 0 spiro atoms. The number of nitriles is 1. The Bertz CT molecular complexity index is 973. The highest BCUT2D eigenvalue weighted by molar-refractivity contribution is 5.93. The highest BCUT2D eigenvalue weighted by atomic mass is 16.6. The SMILES string of the molecule is CCCC(=O)NC1=C(CC)NC(CC)=C(C(=O)OCCC#N)C1c1ccc([N+](=O)[O-])cc1. The molecule has 170 valence electrons. The summed E-state index contributed by atoms with van der Waals surface area (Å²) in [5.74, 6) is -1.44. The second kappa shape index (κ2) is 11.6. The van der Waals surface area contributed by atoms with E-state index in [-0.39, 0.29) is 24.6 Å². The van der Waals surface area contributed by atoms with Gasteiger partial charge in [0.25, 0.3) is 5.69 Å². The van der Waals surface area contributed by atoms with Crippen LogP contribution in [0, 0.1) is 21.4 Å². The fourth-order valence-corrected chi connectivity index (χ4v) is 3.58. The summed E-state index contributed by atoms with van der Waals surface area (Å²) in [4.78, 5) is 36.2. The van der Waals surface area contributed by atoms with E-state index in [0.29, 0.717) is 48.2 Å². The first-order valence-electron chi connectivity index (χ1n) is 10.7. The quantitative estimate of drug-likeness (QED) is 0.243. The van der Waals surface area contributed by atoms with Gasteiger partial charge < -0.3 is 15.4 Å². The number of non-ortho nitro benzene ring substituents is 1. The summed E-state index contributed by atoms with van der Waals surface area (Å²) in [6, 6.07) is 7.86. The van der Waals surface area contributed by atoms with E-state index in [2.05, 4.69) is 10.6 Å². The topological polar surface area (TPSA) is 134 Å². The van der Waals surface area contributed by atoms with Crippen LogP contribution in [0.15, 0.2) is 46.9 Å². The van der Waals surface area contributed by atoms with Crippen LogP contribution in [0.2, 0.25) is 0 Å². The first kappa shape index (κ1) is 24.6. The molecule has 1 heterocycles. The monoisotopic (exact) mass is 440 g/mol. The number of allylic oxidation sites excluding steroid dienone is 3. The summed E-state index contributed by atoms with van der Waals surface area (Å²) in [7, 11) is 0. The molecule has 1 amide bonds. The van der Waals surface area contributed by atoms with Crippen LogP contribution in [-0.4, -0.2) is 23.4 Å². The van der Waals surface area contributed by atoms with Crippen molar-refractivity contribution in [2.24, 2.45) is 0 Å².